The second-order valence-electron chi connectivity index (χ2n) is 2.74. The van der Waals surface area contributed by atoms with E-state index in [0.717, 1.165) is 5.52 Å². The molecular formula is C9H7ClN2O2. The number of hydrogen-bond donors (Lipinski definition) is 1. The monoisotopic (exact) mass is 210 g/mol. The van der Waals surface area contributed by atoms with Crippen molar-refractivity contribution in [2.75, 3.05) is 7.11 Å². The molecule has 0 aliphatic carbocycles. The van der Waals surface area contributed by atoms with Gasteiger partial charge in [-0.1, -0.05) is 11.6 Å². The quantitative estimate of drug-likeness (QED) is 0.733. The fraction of sp³-hybridized carbons (Fsp3) is 0.111. The number of nitrogens with zero attached hydrogens (tertiary/aromatic N) is 1. The lowest BCUT2D eigenvalue weighted by atomic mass is 10.2. The summed E-state index contributed by atoms with van der Waals surface area (Å²) in [6.45, 7) is 0. The Morgan fingerprint density at radius 2 is 2.36 bits per heavy atom. The zero-order valence-electron chi connectivity index (χ0n) is 7.37. The maximum Gasteiger partial charge on any atom is 0.340 e. The molecule has 2 aromatic rings. The highest BCUT2D eigenvalue weighted by atomic mass is 35.5. The predicted octanol–water partition coefficient (Wildman–Crippen LogP) is 2.00. The molecule has 2 aromatic heterocycles. The SMILES string of the molecule is COC(=O)c1c[nH]c2cncc(Cl)c12. The highest BCUT2D eigenvalue weighted by molar-refractivity contribution is 6.36. The molecule has 0 atom stereocenters. The molecule has 2 heterocycles. The number of pyridine rings is 1. The third kappa shape index (κ3) is 1.24. The number of halogens is 1. The first-order valence-electron chi connectivity index (χ1n) is 3.93. The van der Waals surface area contributed by atoms with E-state index in [1.807, 2.05) is 0 Å². The van der Waals surface area contributed by atoms with Gasteiger partial charge in [-0.2, -0.15) is 0 Å². The number of aromatic amines is 1. The number of carbonyl (C=O) groups is 1. The van der Waals surface area contributed by atoms with Gasteiger partial charge in [-0.3, -0.25) is 4.98 Å². The summed E-state index contributed by atoms with van der Waals surface area (Å²) in [5, 5.41) is 1.08. The molecule has 0 amide bonds. The van der Waals surface area contributed by atoms with E-state index in [0.29, 0.717) is 16.0 Å². The Kier molecular flexibility index (Phi) is 2.13. The van der Waals surface area contributed by atoms with Crippen LogP contribution in [0.2, 0.25) is 5.02 Å². The van der Waals surface area contributed by atoms with Crippen molar-refractivity contribution < 1.29 is 9.53 Å². The second-order valence-corrected chi connectivity index (χ2v) is 3.15. The van der Waals surface area contributed by atoms with Crippen molar-refractivity contribution in [3.05, 3.63) is 29.2 Å². The van der Waals surface area contributed by atoms with Crippen LogP contribution >= 0.6 is 11.6 Å². The number of nitrogens with one attached hydrogen (secondary N) is 1. The average molecular weight is 211 g/mol. The molecule has 2 rings (SSSR count). The van der Waals surface area contributed by atoms with Crippen LogP contribution in [0.3, 0.4) is 0 Å². The first kappa shape index (κ1) is 9.02. The molecule has 0 aliphatic rings. The van der Waals surface area contributed by atoms with E-state index in [1.165, 1.54) is 13.3 Å². The molecule has 4 nitrogen and oxygen atoms in total. The van der Waals surface area contributed by atoms with Gasteiger partial charge in [0, 0.05) is 17.8 Å². The molecule has 72 valence electrons. The van der Waals surface area contributed by atoms with Crippen molar-refractivity contribution in [3.8, 4) is 0 Å². The molecular weight excluding hydrogens is 204 g/mol. The minimum atomic E-state index is -0.413. The Morgan fingerprint density at radius 3 is 3.07 bits per heavy atom. The maximum absolute atomic E-state index is 11.3. The number of rotatable bonds is 1. The zero-order chi connectivity index (χ0) is 10.1. The van der Waals surface area contributed by atoms with Gasteiger partial charge in [0.2, 0.25) is 0 Å². The zero-order valence-corrected chi connectivity index (χ0v) is 8.13. The van der Waals surface area contributed by atoms with Crippen molar-refractivity contribution in [2.24, 2.45) is 0 Å². The Bertz CT molecular complexity index is 493. The first-order chi connectivity index (χ1) is 6.74. The molecule has 0 saturated heterocycles. The van der Waals surface area contributed by atoms with Gasteiger partial charge >= 0.3 is 5.97 Å². The highest BCUT2D eigenvalue weighted by Crippen LogP contribution is 2.25. The van der Waals surface area contributed by atoms with Crippen molar-refractivity contribution in [1.82, 2.24) is 9.97 Å². The third-order valence-corrected chi connectivity index (χ3v) is 2.23. The second kappa shape index (κ2) is 3.31. The van der Waals surface area contributed by atoms with Gasteiger partial charge in [-0.15, -0.1) is 0 Å². The standard InChI is InChI=1S/C9H7ClN2O2/c1-14-9(13)5-2-12-7-4-11-3-6(10)8(5)7/h2-4,12H,1H3. The predicted molar refractivity (Wildman–Crippen MR) is 52.4 cm³/mol. The van der Waals surface area contributed by atoms with Crippen molar-refractivity contribution in [2.45, 2.75) is 0 Å². The van der Waals surface area contributed by atoms with Crippen molar-refractivity contribution in [3.63, 3.8) is 0 Å². The van der Waals surface area contributed by atoms with Crippen LogP contribution in [0.4, 0.5) is 0 Å². The summed E-state index contributed by atoms with van der Waals surface area (Å²) in [6.07, 6.45) is 4.65. The van der Waals surface area contributed by atoms with Crippen LogP contribution in [0.1, 0.15) is 10.4 Å². The van der Waals surface area contributed by atoms with Crippen LogP contribution in [0.5, 0.6) is 0 Å². The number of aromatic nitrogens is 2. The molecule has 14 heavy (non-hydrogen) atoms. The summed E-state index contributed by atoms with van der Waals surface area (Å²) < 4.78 is 4.62. The van der Waals surface area contributed by atoms with Gasteiger partial charge in [-0.05, 0) is 0 Å². The summed E-state index contributed by atoms with van der Waals surface area (Å²) in [6, 6.07) is 0. The lowest BCUT2D eigenvalue weighted by molar-refractivity contribution is 0.0603. The highest BCUT2D eigenvalue weighted by Gasteiger charge is 2.14. The fourth-order valence-corrected chi connectivity index (χ4v) is 1.57. The van der Waals surface area contributed by atoms with Crippen LogP contribution < -0.4 is 0 Å². The molecule has 0 aliphatic heterocycles. The number of ether oxygens (including phenoxy) is 1. The van der Waals surface area contributed by atoms with E-state index < -0.39 is 5.97 Å². The lowest BCUT2D eigenvalue weighted by Crippen LogP contribution is -1.99. The molecule has 0 unspecified atom stereocenters. The van der Waals surface area contributed by atoms with E-state index >= 15 is 0 Å². The van der Waals surface area contributed by atoms with Crippen LogP contribution in [0, 0.1) is 0 Å². The topological polar surface area (TPSA) is 55.0 Å². The summed E-state index contributed by atoms with van der Waals surface area (Å²) in [5.74, 6) is -0.413. The Labute approximate surface area is 84.9 Å². The molecule has 1 N–H and O–H groups in total. The Hall–Kier alpha value is -1.55. The minimum absolute atomic E-state index is 0.413. The maximum atomic E-state index is 11.3. The number of fused-ring (bicyclic) bond motifs is 1. The molecule has 0 spiro atoms. The molecule has 0 saturated carbocycles. The van der Waals surface area contributed by atoms with Gasteiger partial charge < -0.3 is 9.72 Å². The minimum Gasteiger partial charge on any atom is -0.465 e. The first-order valence-corrected chi connectivity index (χ1v) is 4.30. The van der Waals surface area contributed by atoms with Crippen molar-refractivity contribution in [1.29, 1.82) is 0 Å². The van der Waals surface area contributed by atoms with Crippen LogP contribution in [0.15, 0.2) is 18.6 Å². The largest absolute Gasteiger partial charge is 0.465 e. The Balaban J connectivity index is 2.73. The summed E-state index contributed by atoms with van der Waals surface area (Å²) in [5.41, 5.74) is 1.15. The number of carbonyl (C=O) groups excluding carboxylic acids is 1. The average Bonchev–Trinajstić information content (AvgIpc) is 2.62. The molecule has 0 bridgehead atoms. The third-order valence-electron chi connectivity index (χ3n) is 1.95. The van der Waals surface area contributed by atoms with E-state index in [-0.39, 0.29) is 0 Å². The van der Waals surface area contributed by atoms with E-state index in [4.69, 9.17) is 11.6 Å². The summed E-state index contributed by atoms with van der Waals surface area (Å²) in [7, 11) is 1.33. The number of esters is 1. The van der Waals surface area contributed by atoms with E-state index in [2.05, 4.69) is 14.7 Å². The van der Waals surface area contributed by atoms with Gasteiger partial charge in [0.05, 0.1) is 29.4 Å². The summed E-state index contributed by atoms with van der Waals surface area (Å²) >= 11 is 5.91. The van der Waals surface area contributed by atoms with E-state index in [9.17, 15) is 4.79 Å². The van der Waals surface area contributed by atoms with Gasteiger partial charge in [0.15, 0.2) is 0 Å². The molecule has 0 radical (unpaired) electrons. The van der Waals surface area contributed by atoms with Crippen LogP contribution in [-0.2, 0) is 4.74 Å². The van der Waals surface area contributed by atoms with Gasteiger partial charge in [0.25, 0.3) is 0 Å². The van der Waals surface area contributed by atoms with E-state index in [1.54, 1.807) is 12.4 Å². The molecule has 0 fully saturated rings. The number of methoxy groups -OCH3 is 1. The van der Waals surface area contributed by atoms with Crippen LogP contribution in [0.25, 0.3) is 10.9 Å². The molecule has 0 aromatic carbocycles. The van der Waals surface area contributed by atoms with Crippen molar-refractivity contribution >= 4 is 28.5 Å². The number of hydrogen-bond acceptors (Lipinski definition) is 3. The Morgan fingerprint density at radius 1 is 1.57 bits per heavy atom. The smallest absolute Gasteiger partial charge is 0.340 e. The fourth-order valence-electron chi connectivity index (χ4n) is 1.31. The number of H-pyrrole nitrogens is 1. The summed E-state index contributed by atoms with van der Waals surface area (Å²) in [4.78, 5) is 18.1. The van der Waals surface area contributed by atoms with Crippen LogP contribution in [-0.4, -0.2) is 23.0 Å². The molecule has 5 heteroatoms. The lowest BCUT2D eigenvalue weighted by Gasteiger charge is -1.97. The van der Waals surface area contributed by atoms with Gasteiger partial charge in [0.1, 0.15) is 0 Å². The normalized spacial score (nSPS) is 10.4. The van der Waals surface area contributed by atoms with Gasteiger partial charge in [-0.25, -0.2) is 4.79 Å².